The molecular formula is C19H16Cl2O2. The summed E-state index contributed by atoms with van der Waals surface area (Å²) in [6.07, 6.45) is 0. The van der Waals surface area contributed by atoms with Gasteiger partial charge in [-0.2, -0.15) is 0 Å². The van der Waals surface area contributed by atoms with Crippen LogP contribution in [0.25, 0.3) is 10.8 Å². The van der Waals surface area contributed by atoms with Crippen LogP contribution in [0.3, 0.4) is 0 Å². The Kier molecular flexibility index (Phi) is 4.94. The zero-order valence-electron chi connectivity index (χ0n) is 12.6. The average Bonchev–Trinajstić information content (AvgIpc) is 2.55. The van der Waals surface area contributed by atoms with Crippen molar-refractivity contribution < 1.29 is 9.47 Å². The minimum Gasteiger partial charge on any atom is -0.488 e. The van der Waals surface area contributed by atoms with Gasteiger partial charge in [-0.15, -0.1) is 0 Å². The van der Waals surface area contributed by atoms with Gasteiger partial charge in [-0.25, -0.2) is 0 Å². The highest BCUT2D eigenvalue weighted by molar-refractivity contribution is 6.35. The molecule has 0 aliphatic carbocycles. The van der Waals surface area contributed by atoms with Gasteiger partial charge >= 0.3 is 0 Å². The molecule has 0 saturated heterocycles. The van der Waals surface area contributed by atoms with E-state index in [9.17, 15) is 0 Å². The molecule has 2 nitrogen and oxygen atoms in total. The first-order valence-electron chi connectivity index (χ1n) is 7.33. The second kappa shape index (κ2) is 7.12. The molecule has 0 aliphatic rings. The summed E-state index contributed by atoms with van der Waals surface area (Å²) in [6.45, 7) is 2.26. The summed E-state index contributed by atoms with van der Waals surface area (Å²) in [6, 6.07) is 19.4. The van der Waals surface area contributed by atoms with Crippen LogP contribution < -0.4 is 9.47 Å². The van der Waals surface area contributed by atoms with E-state index in [4.69, 9.17) is 32.7 Å². The van der Waals surface area contributed by atoms with Crippen molar-refractivity contribution in [1.29, 1.82) is 0 Å². The van der Waals surface area contributed by atoms with Crippen LogP contribution in [0.5, 0.6) is 11.5 Å². The fourth-order valence-electron chi connectivity index (χ4n) is 2.37. The smallest absolute Gasteiger partial charge is 0.169 e. The van der Waals surface area contributed by atoms with Crippen molar-refractivity contribution in [1.82, 2.24) is 0 Å². The molecule has 0 heterocycles. The van der Waals surface area contributed by atoms with Gasteiger partial charge in [-0.3, -0.25) is 0 Å². The van der Waals surface area contributed by atoms with Crippen molar-refractivity contribution in [2.75, 3.05) is 0 Å². The quantitative estimate of drug-likeness (QED) is 0.524. The highest BCUT2D eigenvalue weighted by Gasteiger charge is 2.06. The van der Waals surface area contributed by atoms with E-state index in [-0.39, 0.29) is 5.56 Å². The van der Waals surface area contributed by atoms with Crippen molar-refractivity contribution in [2.24, 2.45) is 0 Å². The first-order valence-corrected chi connectivity index (χ1v) is 8.14. The van der Waals surface area contributed by atoms with E-state index in [2.05, 4.69) is 0 Å². The molecule has 0 aliphatic heterocycles. The van der Waals surface area contributed by atoms with E-state index in [1.807, 2.05) is 60.7 Å². The third-order valence-electron chi connectivity index (χ3n) is 3.45. The first-order chi connectivity index (χ1) is 11.1. The van der Waals surface area contributed by atoms with E-state index in [0.29, 0.717) is 6.61 Å². The fraction of sp³-hybridized carbons (Fsp3) is 0.158. The minimum absolute atomic E-state index is 0.350. The number of benzene rings is 3. The Balaban J connectivity index is 1.75. The van der Waals surface area contributed by atoms with Gasteiger partial charge in [-0.1, -0.05) is 59.6 Å². The maximum atomic E-state index is 6.22. The molecule has 0 amide bonds. The second-order valence-corrected chi connectivity index (χ2v) is 6.21. The predicted octanol–water partition coefficient (Wildman–Crippen LogP) is 6.04. The highest BCUT2D eigenvalue weighted by atomic mass is 35.5. The largest absolute Gasteiger partial charge is 0.488 e. The molecule has 3 aromatic carbocycles. The van der Waals surface area contributed by atoms with Crippen LogP contribution in [0.1, 0.15) is 12.5 Å². The van der Waals surface area contributed by atoms with Gasteiger partial charge in [0.05, 0.1) is 0 Å². The Labute approximate surface area is 145 Å². The van der Waals surface area contributed by atoms with Crippen LogP contribution in [-0.2, 0) is 6.61 Å². The number of fused-ring (bicyclic) bond motifs is 1. The summed E-state index contributed by atoms with van der Waals surface area (Å²) in [7, 11) is 0. The van der Waals surface area contributed by atoms with E-state index >= 15 is 0 Å². The summed E-state index contributed by atoms with van der Waals surface area (Å²) < 4.78 is 11.4. The number of hydrogen-bond acceptors (Lipinski definition) is 2. The molecule has 23 heavy (non-hydrogen) atoms. The van der Waals surface area contributed by atoms with Gasteiger partial charge in [0.2, 0.25) is 0 Å². The SMILES string of the molecule is CC(Cl)Oc1ccc(COc2ccc(Cl)c3ccccc23)cc1. The molecule has 0 radical (unpaired) electrons. The fourth-order valence-corrected chi connectivity index (χ4v) is 2.70. The molecule has 1 atom stereocenters. The molecule has 0 spiro atoms. The predicted molar refractivity (Wildman–Crippen MR) is 95.7 cm³/mol. The summed E-state index contributed by atoms with van der Waals surface area (Å²) in [5.74, 6) is 1.56. The molecule has 0 fully saturated rings. The standard InChI is InChI=1S/C19H16Cl2O2/c1-13(20)23-15-8-6-14(7-9-15)12-22-19-11-10-18(21)16-4-2-3-5-17(16)19/h2-11,13H,12H2,1H3. The number of alkyl halides is 1. The molecule has 0 N–H and O–H groups in total. The third-order valence-corrected chi connectivity index (χ3v) is 3.87. The van der Waals surface area contributed by atoms with Crippen LogP contribution in [-0.4, -0.2) is 5.56 Å². The normalized spacial score (nSPS) is 12.1. The summed E-state index contributed by atoms with van der Waals surface area (Å²) in [5.41, 5.74) is 0.705. The van der Waals surface area contributed by atoms with Gasteiger partial charge < -0.3 is 9.47 Å². The third kappa shape index (κ3) is 3.90. The number of rotatable bonds is 5. The highest BCUT2D eigenvalue weighted by Crippen LogP contribution is 2.31. The van der Waals surface area contributed by atoms with E-state index in [1.54, 1.807) is 6.92 Å². The first kappa shape index (κ1) is 16.0. The van der Waals surface area contributed by atoms with Crippen molar-refractivity contribution in [3.8, 4) is 11.5 Å². The van der Waals surface area contributed by atoms with Crippen molar-refractivity contribution in [2.45, 2.75) is 19.1 Å². The van der Waals surface area contributed by atoms with Crippen LogP contribution in [0.4, 0.5) is 0 Å². The van der Waals surface area contributed by atoms with E-state index in [0.717, 1.165) is 32.9 Å². The minimum atomic E-state index is -0.350. The Morgan fingerprint density at radius 1 is 0.913 bits per heavy atom. The topological polar surface area (TPSA) is 18.5 Å². The lowest BCUT2D eigenvalue weighted by Gasteiger charge is -2.11. The number of hydrogen-bond donors (Lipinski definition) is 0. The maximum Gasteiger partial charge on any atom is 0.169 e. The molecular weight excluding hydrogens is 331 g/mol. The van der Waals surface area contributed by atoms with Crippen LogP contribution in [0, 0.1) is 0 Å². The Morgan fingerprint density at radius 3 is 2.30 bits per heavy atom. The molecule has 0 aromatic heterocycles. The van der Waals surface area contributed by atoms with Crippen molar-refractivity contribution in [3.63, 3.8) is 0 Å². The number of ether oxygens (including phenoxy) is 2. The summed E-state index contributed by atoms with van der Waals surface area (Å²) in [4.78, 5) is 0. The summed E-state index contributed by atoms with van der Waals surface area (Å²) in [5, 5.41) is 2.73. The molecule has 3 rings (SSSR count). The molecule has 4 heteroatoms. The van der Waals surface area contributed by atoms with Gasteiger partial charge in [0.15, 0.2) is 5.56 Å². The van der Waals surface area contributed by atoms with Gasteiger partial charge in [0.1, 0.15) is 18.1 Å². The van der Waals surface area contributed by atoms with Crippen molar-refractivity contribution in [3.05, 3.63) is 71.2 Å². The van der Waals surface area contributed by atoms with E-state index < -0.39 is 0 Å². The second-order valence-electron chi connectivity index (χ2n) is 5.18. The summed E-state index contributed by atoms with van der Waals surface area (Å²) >= 11 is 12.0. The maximum absolute atomic E-state index is 6.22. The lowest BCUT2D eigenvalue weighted by atomic mass is 10.1. The Hall–Kier alpha value is -1.90. The van der Waals surface area contributed by atoms with Crippen LogP contribution >= 0.6 is 23.2 Å². The molecule has 1 unspecified atom stereocenters. The lowest BCUT2D eigenvalue weighted by Crippen LogP contribution is -2.02. The Bertz CT molecular complexity index is 798. The Morgan fingerprint density at radius 2 is 1.61 bits per heavy atom. The van der Waals surface area contributed by atoms with Crippen LogP contribution in [0.2, 0.25) is 5.02 Å². The molecule has 0 bridgehead atoms. The molecule has 3 aromatic rings. The number of halogens is 2. The van der Waals surface area contributed by atoms with Gasteiger partial charge in [0.25, 0.3) is 0 Å². The zero-order chi connectivity index (χ0) is 16.2. The zero-order valence-corrected chi connectivity index (χ0v) is 14.1. The lowest BCUT2D eigenvalue weighted by molar-refractivity contribution is 0.298. The van der Waals surface area contributed by atoms with Gasteiger partial charge in [-0.05, 0) is 36.8 Å². The average molecular weight is 347 g/mol. The molecule has 0 saturated carbocycles. The van der Waals surface area contributed by atoms with E-state index in [1.165, 1.54) is 0 Å². The van der Waals surface area contributed by atoms with Gasteiger partial charge in [0, 0.05) is 15.8 Å². The van der Waals surface area contributed by atoms with Crippen LogP contribution in [0.15, 0.2) is 60.7 Å². The molecule has 118 valence electrons. The monoisotopic (exact) mass is 346 g/mol. The van der Waals surface area contributed by atoms with Crippen molar-refractivity contribution >= 4 is 34.0 Å².